The number of aromatic nitrogens is 2. The minimum atomic E-state index is -0.666. The van der Waals surface area contributed by atoms with Crippen LogP contribution < -0.4 is 10.9 Å². The smallest absolute Gasteiger partial charge is 0.364 e. The molecule has 0 spiro atoms. The molecular formula is C22H25N5O3. The van der Waals surface area contributed by atoms with Gasteiger partial charge in [-0.05, 0) is 56.5 Å². The van der Waals surface area contributed by atoms with Crippen molar-refractivity contribution < 1.29 is 4.92 Å². The van der Waals surface area contributed by atoms with Gasteiger partial charge in [0.05, 0.1) is 4.92 Å². The molecule has 0 radical (unpaired) electrons. The number of nitrogens with zero attached hydrogens (tertiary/aromatic N) is 4. The zero-order valence-corrected chi connectivity index (χ0v) is 17.0. The van der Waals surface area contributed by atoms with Crippen molar-refractivity contribution in [2.24, 2.45) is 5.92 Å². The molecule has 0 aliphatic carbocycles. The first kappa shape index (κ1) is 20.0. The summed E-state index contributed by atoms with van der Waals surface area (Å²) in [5, 5.41) is 14.6. The van der Waals surface area contributed by atoms with Crippen molar-refractivity contribution in [1.29, 1.82) is 0 Å². The Morgan fingerprint density at radius 1 is 1.17 bits per heavy atom. The molecule has 1 fully saturated rings. The number of piperidine rings is 1. The van der Waals surface area contributed by atoms with Gasteiger partial charge in [-0.15, -0.1) is 0 Å². The molecule has 0 atom stereocenters. The van der Waals surface area contributed by atoms with Crippen LogP contribution >= 0.6 is 0 Å². The number of pyridine rings is 1. The molecule has 3 aromatic rings. The van der Waals surface area contributed by atoms with E-state index in [0.29, 0.717) is 18.1 Å². The quantitative estimate of drug-likeness (QED) is 0.498. The van der Waals surface area contributed by atoms with E-state index in [1.165, 1.54) is 21.7 Å². The molecule has 1 aliphatic rings. The van der Waals surface area contributed by atoms with Crippen LogP contribution in [0.25, 0.3) is 5.65 Å². The maximum atomic E-state index is 12.5. The molecule has 2 aromatic heterocycles. The Bertz CT molecular complexity index is 1100. The molecule has 4 rings (SSSR count). The predicted molar refractivity (Wildman–Crippen MR) is 116 cm³/mol. The molecule has 0 amide bonds. The maximum absolute atomic E-state index is 12.5. The van der Waals surface area contributed by atoms with Crippen LogP contribution in [0.3, 0.4) is 0 Å². The van der Waals surface area contributed by atoms with Gasteiger partial charge in [0, 0.05) is 19.3 Å². The summed E-state index contributed by atoms with van der Waals surface area (Å²) in [4.78, 5) is 30.1. The van der Waals surface area contributed by atoms with Gasteiger partial charge in [-0.25, -0.2) is 4.98 Å². The summed E-state index contributed by atoms with van der Waals surface area (Å²) in [6, 6.07) is 13.7. The first-order valence-corrected chi connectivity index (χ1v) is 10.2. The zero-order valence-electron chi connectivity index (χ0n) is 17.0. The summed E-state index contributed by atoms with van der Waals surface area (Å²) in [6.45, 7) is 5.56. The molecule has 30 heavy (non-hydrogen) atoms. The van der Waals surface area contributed by atoms with Crippen LogP contribution in [0.4, 0.5) is 11.5 Å². The second-order valence-corrected chi connectivity index (χ2v) is 7.89. The maximum Gasteiger partial charge on any atom is 0.376 e. The fraction of sp³-hybridized carbons (Fsp3) is 0.364. The van der Waals surface area contributed by atoms with E-state index in [-0.39, 0.29) is 5.82 Å². The average Bonchev–Trinajstić information content (AvgIpc) is 2.74. The molecule has 1 saturated heterocycles. The monoisotopic (exact) mass is 407 g/mol. The second-order valence-electron chi connectivity index (χ2n) is 7.89. The minimum absolute atomic E-state index is 0.0540. The van der Waals surface area contributed by atoms with Crippen LogP contribution in [-0.2, 0) is 6.54 Å². The summed E-state index contributed by atoms with van der Waals surface area (Å²) in [5.74, 6) is 0.438. The fourth-order valence-electron chi connectivity index (χ4n) is 3.91. The number of nitro groups is 1. The van der Waals surface area contributed by atoms with Crippen molar-refractivity contribution >= 4 is 17.2 Å². The Hall–Kier alpha value is -3.26. The van der Waals surface area contributed by atoms with Crippen LogP contribution in [0.15, 0.2) is 53.5 Å². The van der Waals surface area contributed by atoms with E-state index in [9.17, 15) is 14.9 Å². The highest BCUT2D eigenvalue weighted by atomic mass is 16.6. The number of likely N-dealkylation sites (tertiary alicyclic amines) is 1. The van der Waals surface area contributed by atoms with E-state index >= 15 is 0 Å². The number of nitrogens with one attached hydrogen (secondary N) is 1. The van der Waals surface area contributed by atoms with Gasteiger partial charge in [0.15, 0.2) is 0 Å². The van der Waals surface area contributed by atoms with Crippen LogP contribution in [0, 0.1) is 23.0 Å². The van der Waals surface area contributed by atoms with E-state index in [1.807, 2.05) is 0 Å². The van der Waals surface area contributed by atoms with Crippen LogP contribution in [-0.4, -0.2) is 38.8 Å². The highest BCUT2D eigenvalue weighted by molar-refractivity contribution is 5.59. The van der Waals surface area contributed by atoms with Crippen molar-refractivity contribution in [3.8, 4) is 0 Å². The Morgan fingerprint density at radius 2 is 1.90 bits per heavy atom. The van der Waals surface area contributed by atoms with Crippen molar-refractivity contribution in [2.75, 3.05) is 25.0 Å². The Morgan fingerprint density at radius 3 is 2.60 bits per heavy atom. The van der Waals surface area contributed by atoms with Gasteiger partial charge < -0.3 is 5.32 Å². The van der Waals surface area contributed by atoms with Crippen molar-refractivity contribution in [3.63, 3.8) is 0 Å². The van der Waals surface area contributed by atoms with E-state index < -0.39 is 16.2 Å². The highest BCUT2D eigenvalue weighted by Gasteiger charge is 2.25. The Balaban J connectivity index is 1.39. The third kappa shape index (κ3) is 4.33. The lowest BCUT2D eigenvalue weighted by Gasteiger charge is -2.32. The standard InChI is InChI=1S/C22H25N5O3/c1-16-5-7-18(8-6-16)15-25-12-9-17(10-13-25)14-23-21-20(27(29)30)22(28)26-11-3-2-4-19(26)24-21/h2-8,11,17,23H,9-10,12-15H2,1H3. The van der Waals surface area contributed by atoms with E-state index in [0.717, 1.165) is 32.5 Å². The predicted octanol–water partition coefficient (Wildman–Crippen LogP) is 3.24. The summed E-state index contributed by atoms with van der Waals surface area (Å²) in [7, 11) is 0. The number of benzene rings is 1. The van der Waals surface area contributed by atoms with Gasteiger partial charge in [0.2, 0.25) is 5.82 Å². The van der Waals surface area contributed by atoms with E-state index in [4.69, 9.17) is 0 Å². The van der Waals surface area contributed by atoms with Gasteiger partial charge in [0.25, 0.3) is 0 Å². The van der Waals surface area contributed by atoms with Gasteiger partial charge in [-0.1, -0.05) is 35.9 Å². The normalized spacial score (nSPS) is 15.4. The SMILES string of the molecule is Cc1ccc(CN2CCC(CNc3nc4ccccn4c(=O)c3[N+](=O)[O-])CC2)cc1. The number of fused-ring (bicyclic) bond motifs is 1. The summed E-state index contributed by atoms with van der Waals surface area (Å²) in [6.07, 6.45) is 3.49. The lowest BCUT2D eigenvalue weighted by atomic mass is 9.96. The summed E-state index contributed by atoms with van der Waals surface area (Å²) < 4.78 is 1.20. The molecule has 156 valence electrons. The molecule has 0 unspecified atom stereocenters. The number of aryl methyl sites for hydroxylation is 1. The second kappa shape index (κ2) is 8.62. The largest absolute Gasteiger partial charge is 0.376 e. The first-order chi connectivity index (χ1) is 14.5. The highest BCUT2D eigenvalue weighted by Crippen LogP contribution is 2.22. The van der Waals surface area contributed by atoms with Gasteiger partial charge in [0.1, 0.15) is 5.65 Å². The van der Waals surface area contributed by atoms with E-state index in [2.05, 4.69) is 46.4 Å². The molecule has 1 N–H and O–H groups in total. The van der Waals surface area contributed by atoms with Crippen molar-refractivity contribution in [1.82, 2.24) is 14.3 Å². The number of anilines is 1. The molecule has 8 heteroatoms. The van der Waals surface area contributed by atoms with Crippen molar-refractivity contribution in [2.45, 2.75) is 26.3 Å². The summed E-state index contributed by atoms with van der Waals surface area (Å²) in [5.41, 5.74) is 1.80. The molecule has 0 saturated carbocycles. The van der Waals surface area contributed by atoms with Gasteiger partial charge in [-0.2, -0.15) is 0 Å². The third-order valence-corrected chi connectivity index (χ3v) is 5.69. The summed E-state index contributed by atoms with van der Waals surface area (Å²) >= 11 is 0. The number of hydrogen-bond donors (Lipinski definition) is 1. The van der Waals surface area contributed by atoms with Crippen LogP contribution in [0.1, 0.15) is 24.0 Å². The van der Waals surface area contributed by atoms with Crippen LogP contribution in [0.2, 0.25) is 0 Å². The lowest BCUT2D eigenvalue weighted by Crippen LogP contribution is -2.35. The van der Waals surface area contributed by atoms with Gasteiger partial charge in [-0.3, -0.25) is 24.2 Å². The molecule has 1 aliphatic heterocycles. The minimum Gasteiger partial charge on any atom is -0.364 e. The average molecular weight is 407 g/mol. The number of hydrogen-bond acceptors (Lipinski definition) is 6. The lowest BCUT2D eigenvalue weighted by molar-refractivity contribution is -0.385. The number of rotatable bonds is 6. The molecular weight excluding hydrogens is 382 g/mol. The first-order valence-electron chi connectivity index (χ1n) is 10.2. The van der Waals surface area contributed by atoms with Gasteiger partial charge >= 0.3 is 11.2 Å². The van der Waals surface area contributed by atoms with E-state index in [1.54, 1.807) is 18.2 Å². The third-order valence-electron chi connectivity index (χ3n) is 5.69. The zero-order chi connectivity index (χ0) is 21.1. The Labute approximate surface area is 174 Å². The topological polar surface area (TPSA) is 92.8 Å². The fourth-order valence-corrected chi connectivity index (χ4v) is 3.91. The molecule has 3 heterocycles. The molecule has 1 aromatic carbocycles. The Kier molecular flexibility index (Phi) is 5.76. The van der Waals surface area contributed by atoms with Crippen LogP contribution in [0.5, 0.6) is 0 Å². The van der Waals surface area contributed by atoms with Crippen molar-refractivity contribution in [3.05, 3.63) is 80.3 Å². The molecule has 8 nitrogen and oxygen atoms in total. The molecule has 0 bridgehead atoms.